The van der Waals surface area contributed by atoms with Crippen molar-refractivity contribution in [3.8, 4) is 5.75 Å². The van der Waals surface area contributed by atoms with Gasteiger partial charge >= 0.3 is 6.61 Å². The molecular formula is C17H26F2N4O. The summed E-state index contributed by atoms with van der Waals surface area (Å²) in [5, 5.41) is 6.41. The van der Waals surface area contributed by atoms with Gasteiger partial charge < -0.3 is 15.4 Å². The molecular weight excluding hydrogens is 314 g/mol. The highest BCUT2D eigenvalue weighted by Gasteiger charge is 2.28. The fourth-order valence-electron chi connectivity index (χ4n) is 2.49. The number of aliphatic imine (C=N–C) groups is 1. The molecule has 0 aromatic heterocycles. The molecule has 0 radical (unpaired) electrons. The molecule has 134 valence electrons. The third-order valence-electron chi connectivity index (χ3n) is 4.24. The van der Waals surface area contributed by atoms with Gasteiger partial charge in [-0.3, -0.25) is 9.89 Å². The van der Waals surface area contributed by atoms with Gasteiger partial charge in [0.25, 0.3) is 0 Å². The smallest absolute Gasteiger partial charge is 0.387 e. The van der Waals surface area contributed by atoms with Gasteiger partial charge in [0, 0.05) is 37.8 Å². The number of nitrogens with one attached hydrogen (secondary N) is 2. The summed E-state index contributed by atoms with van der Waals surface area (Å²) in [5.74, 6) is 0.815. The van der Waals surface area contributed by atoms with Gasteiger partial charge in [-0.2, -0.15) is 8.78 Å². The topological polar surface area (TPSA) is 48.9 Å². The Morgan fingerprint density at radius 2 is 2.04 bits per heavy atom. The summed E-state index contributed by atoms with van der Waals surface area (Å²) in [6.45, 7) is 0.462. The van der Waals surface area contributed by atoms with Gasteiger partial charge in [-0.15, -0.1) is 0 Å². The number of ether oxygens (including phenoxy) is 1. The van der Waals surface area contributed by atoms with Crippen molar-refractivity contribution in [1.82, 2.24) is 15.5 Å². The number of hydrogen-bond acceptors (Lipinski definition) is 3. The zero-order valence-corrected chi connectivity index (χ0v) is 14.4. The first-order valence-corrected chi connectivity index (χ1v) is 8.20. The molecule has 1 fully saturated rings. The van der Waals surface area contributed by atoms with Crippen molar-refractivity contribution in [2.45, 2.75) is 45.0 Å². The van der Waals surface area contributed by atoms with Gasteiger partial charge in [-0.05, 0) is 32.9 Å². The van der Waals surface area contributed by atoms with Gasteiger partial charge in [0.1, 0.15) is 5.75 Å². The van der Waals surface area contributed by atoms with Crippen LogP contribution in [0.15, 0.2) is 29.3 Å². The maximum Gasteiger partial charge on any atom is 0.387 e. The van der Waals surface area contributed by atoms with Crippen molar-refractivity contribution in [2.75, 3.05) is 20.6 Å². The fourth-order valence-corrected chi connectivity index (χ4v) is 2.49. The van der Waals surface area contributed by atoms with Crippen molar-refractivity contribution >= 4 is 5.96 Å². The highest BCUT2D eigenvalue weighted by Crippen LogP contribution is 2.26. The second kappa shape index (κ2) is 8.82. The predicted molar refractivity (Wildman–Crippen MR) is 91.5 cm³/mol. The Morgan fingerprint density at radius 1 is 1.33 bits per heavy atom. The molecule has 0 amide bonds. The Kier molecular flexibility index (Phi) is 6.78. The first-order chi connectivity index (χ1) is 11.5. The molecule has 1 saturated carbocycles. The molecule has 24 heavy (non-hydrogen) atoms. The molecule has 1 atom stereocenters. The molecule has 2 rings (SSSR count). The molecule has 0 aliphatic heterocycles. The molecule has 1 aromatic carbocycles. The summed E-state index contributed by atoms with van der Waals surface area (Å²) >= 11 is 0. The number of hydrogen-bond donors (Lipinski definition) is 2. The highest BCUT2D eigenvalue weighted by atomic mass is 19.3. The van der Waals surface area contributed by atoms with E-state index >= 15 is 0 Å². The first-order valence-electron chi connectivity index (χ1n) is 8.20. The summed E-state index contributed by atoms with van der Waals surface area (Å²) in [5.41, 5.74) is 0.656. The lowest BCUT2D eigenvalue weighted by Crippen LogP contribution is -2.45. The average molecular weight is 340 g/mol. The molecule has 2 N–H and O–H groups in total. The number of guanidine groups is 1. The lowest BCUT2D eigenvalue weighted by Gasteiger charge is -2.25. The number of para-hydroxylation sites is 1. The van der Waals surface area contributed by atoms with E-state index in [-0.39, 0.29) is 5.75 Å². The van der Waals surface area contributed by atoms with Crippen LogP contribution in [-0.2, 0) is 6.54 Å². The Labute approximate surface area is 142 Å². The number of rotatable bonds is 8. The van der Waals surface area contributed by atoms with Crippen LogP contribution in [0.1, 0.15) is 25.3 Å². The monoisotopic (exact) mass is 340 g/mol. The van der Waals surface area contributed by atoms with Crippen LogP contribution in [0, 0.1) is 0 Å². The van der Waals surface area contributed by atoms with Crippen LogP contribution in [0.3, 0.4) is 0 Å². The number of likely N-dealkylation sites (N-methyl/N-ethyl adjacent to an activating group) is 1. The highest BCUT2D eigenvalue weighted by molar-refractivity contribution is 5.79. The van der Waals surface area contributed by atoms with E-state index in [2.05, 4.69) is 39.2 Å². The summed E-state index contributed by atoms with van der Waals surface area (Å²) in [7, 11) is 3.82. The summed E-state index contributed by atoms with van der Waals surface area (Å²) in [6.07, 6.45) is 2.55. The standard InChI is InChI=1S/C17H26F2N4O/c1-12(23(3)14-8-9-14)10-21-17(20-2)22-11-13-6-4-5-7-15(13)24-16(18)19/h4-7,12,14,16H,8-11H2,1-3H3,(H2,20,21,22). The van der Waals surface area contributed by atoms with Crippen LogP contribution in [0.25, 0.3) is 0 Å². The average Bonchev–Trinajstić information content (AvgIpc) is 3.39. The lowest BCUT2D eigenvalue weighted by molar-refractivity contribution is -0.0504. The summed E-state index contributed by atoms with van der Waals surface area (Å²) in [6, 6.07) is 7.84. The molecule has 0 bridgehead atoms. The lowest BCUT2D eigenvalue weighted by atomic mass is 10.2. The van der Waals surface area contributed by atoms with Gasteiger partial charge in [-0.1, -0.05) is 18.2 Å². The SMILES string of the molecule is CN=C(NCc1ccccc1OC(F)F)NCC(C)N(C)C1CC1. The van der Waals surface area contributed by atoms with Crippen LogP contribution < -0.4 is 15.4 Å². The van der Waals surface area contributed by atoms with E-state index in [1.165, 1.54) is 18.9 Å². The number of halogens is 2. The van der Waals surface area contributed by atoms with Crippen molar-refractivity contribution in [2.24, 2.45) is 4.99 Å². The molecule has 1 aromatic rings. The maximum absolute atomic E-state index is 12.4. The summed E-state index contributed by atoms with van der Waals surface area (Å²) < 4.78 is 29.4. The van der Waals surface area contributed by atoms with E-state index in [0.717, 1.165) is 6.54 Å². The van der Waals surface area contributed by atoms with Crippen LogP contribution in [0.4, 0.5) is 8.78 Å². The van der Waals surface area contributed by atoms with Crippen LogP contribution in [0.5, 0.6) is 5.75 Å². The minimum absolute atomic E-state index is 0.178. The first kappa shape index (κ1) is 18.4. The zero-order chi connectivity index (χ0) is 17.5. The molecule has 1 aliphatic rings. The Balaban J connectivity index is 1.83. The third kappa shape index (κ3) is 5.63. The number of nitrogens with zero attached hydrogens (tertiary/aromatic N) is 2. The van der Waals surface area contributed by atoms with E-state index < -0.39 is 6.61 Å². The van der Waals surface area contributed by atoms with Crippen molar-refractivity contribution in [3.05, 3.63) is 29.8 Å². The molecule has 7 heteroatoms. The van der Waals surface area contributed by atoms with E-state index in [1.54, 1.807) is 25.2 Å². The Bertz CT molecular complexity index is 549. The van der Waals surface area contributed by atoms with Gasteiger partial charge in [0.15, 0.2) is 5.96 Å². The molecule has 1 aliphatic carbocycles. The second-order valence-corrected chi connectivity index (χ2v) is 6.04. The zero-order valence-electron chi connectivity index (χ0n) is 14.4. The predicted octanol–water partition coefficient (Wildman–Crippen LogP) is 2.44. The number of benzene rings is 1. The van der Waals surface area contributed by atoms with Crippen molar-refractivity contribution in [3.63, 3.8) is 0 Å². The maximum atomic E-state index is 12.4. The summed E-state index contributed by atoms with van der Waals surface area (Å²) in [4.78, 5) is 6.54. The van der Waals surface area contributed by atoms with E-state index in [4.69, 9.17) is 0 Å². The minimum Gasteiger partial charge on any atom is -0.434 e. The Morgan fingerprint density at radius 3 is 2.67 bits per heavy atom. The molecule has 1 unspecified atom stereocenters. The van der Waals surface area contributed by atoms with Crippen molar-refractivity contribution < 1.29 is 13.5 Å². The van der Waals surface area contributed by atoms with Crippen LogP contribution >= 0.6 is 0 Å². The van der Waals surface area contributed by atoms with E-state index in [1.807, 2.05) is 0 Å². The van der Waals surface area contributed by atoms with Crippen LogP contribution in [-0.4, -0.2) is 50.2 Å². The van der Waals surface area contributed by atoms with E-state index in [9.17, 15) is 8.78 Å². The fraction of sp³-hybridized carbons (Fsp3) is 0.588. The van der Waals surface area contributed by atoms with Gasteiger partial charge in [-0.25, -0.2) is 0 Å². The quantitative estimate of drug-likeness (QED) is 0.564. The molecule has 0 heterocycles. The van der Waals surface area contributed by atoms with Crippen molar-refractivity contribution in [1.29, 1.82) is 0 Å². The normalized spacial score (nSPS) is 16.4. The Hall–Kier alpha value is -1.89. The van der Waals surface area contributed by atoms with Gasteiger partial charge in [0.05, 0.1) is 0 Å². The van der Waals surface area contributed by atoms with Crippen LogP contribution in [0.2, 0.25) is 0 Å². The third-order valence-corrected chi connectivity index (χ3v) is 4.24. The van der Waals surface area contributed by atoms with Gasteiger partial charge in [0.2, 0.25) is 0 Å². The largest absolute Gasteiger partial charge is 0.434 e. The second-order valence-electron chi connectivity index (χ2n) is 6.04. The molecule has 5 nitrogen and oxygen atoms in total. The minimum atomic E-state index is -2.83. The number of alkyl halides is 2. The van der Waals surface area contributed by atoms with E-state index in [0.29, 0.717) is 30.2 Å². The molecule has 0 spiro atoms. The molecule has 0 saturated heterocycles.